The molecule has 0 aromatic heterocycles. The molecule has 1 heterocycles. The van der Waals surface area contributed by atoms with Crippen molar-refractivity contribution in [2.24, 2.45) is 0 Å². The van der Waals surface area contributed by atoms with Crippen LogP contribution in [0.3, 0.4) is 0 Å². The van der Waals surface area contributed by atoms with Gasteiger partial charge in [0, 0.05) is 34.3 Å². The van der Waals surface area contributed by atoms with Crippen LogP contribution in [-0.4, -0.2) is 22.1 Å². The van der Waals surface area contributed by atoms with E-state index in [1.54, 1.807) is 18.2 Å². The van der Waals surface area contributed by atoms with E-state index in [9.17, 15) is 9.59 Å². The molecule has 0 fully saturated rings. The summed E-state index contributed by atoms with van der Waals surface area (Å²) in [6, 6.07) is 12.5. The fourth-order valence-corrected chi connectivity index (χ4v) is 3.48. The number of benzene rings is 2. The number of hydrogen-bond donors (Lipinski definition) is 0. The summed E-state index contributed by atoms with van der Waals surface area (Å²) in [6.45, 7) is 1.45. The molecule has 1 aliphatic rings. The Kier molecular flexibility index (Phi) is 3.75. The molecule has 0 amide bonds. The van der Waals surface area contributed by atoms with Crippen molar-refractivity contribution in [3.63, 3.8) is 0 Å². The predicted molar refractivity (Wildman–Crippen MR) is 84.5 cm³/mol. The molecule has 2 aromatic carbocycles. The highest BCUT2D eigenvalue weighted by Crippen LogP contribution is 2.34. The number of ketones is 2. The van der Waals surface area contributed by atoms with Gasteiger partial charge in [0.2, 0.25) is 0 Å². The first kappa shape index (κ1) is 14.4. The lowest BCUT2D eigenvalue weighted by Gasteiger charge is -2.05. The van der Waals surface area contributed by atoms with E-state index in [0.29, 0.717) is 22.4 Å². The Morgan fingerprint density at radius 2 is 1.95 bits per heavy atom. The molecule has 0 saturated carbocycles. The van der Waals surface area contributed by atoms with Crippen LogP contribution >= 0.6 is 11.8 Å². The molecule has 0 spiro atoms. The van der Waals surface area contributed by atoms with Crippen molar-refractivity contribution in [2.45, 2.75) is 17.6 Å². The van der Waals surface area contributed by atoms with Gasteiger partial charge in [0.15, 0.2) is 5.78 Å². The summed E-state index contributed by atoms with van der Waals surface area (Å²) in [7, 11) is 0. The van der Waals surface area contributed by atoms with Crippen molar-refractivity contribution < 1.29 is 14.4 Å². The Labute approximate surface area is 131 Å². The predicted octanol–water partition coefficient (Wildman–Crippen LogP) is 3.40. The van der Waals surface area contributed by atoms with E-state index < -0.39 is 0 Å². The largest absolute Gasteiger partial charge is 0.361 e. The molecule has 0 atom stereocenters. The fourth-order valence-electron chi connectivity index (χ4n) is 2.39. The van der Waals surface area contributed by atoms with Gasteiger partial charge < -0.3 is 5.53 Å². The highest BCUT2D eigenvalue weighted by molar-refractivity contribution is 7.98. The normalized spacial score (nSPS) is 12.7. The van der Waals surface area contributed by atoms with Crippen LogP contribution in [0, 0.1) is 0 Å². The maximum atomic E-state index is 12.6. The van der Waals surface area contributed by atoms with Gasteiger partial charge in [0.25, 0.3) is 5.78 Å². The number of nitrogens with zero attached hydrogens (tertiary/aromatic N) is 2. The molecular weight excluding hydrogens is 296 g/mol. The minimum absolute atomic E-state index is 0.0215. The summed E-state index contributed by atoms with van der Waals surface area (Å²) in [4.78, 5) is 28.4. The molecule has 1 aliphatic heterocycles. The van der Waals surface area contributed by atoms with E-state index in [-0.39, 0.29) is 17.3 Å². The van der Waals surface area contributed by atoms with Crippen LogP contribution in [0.5, 0.6) is 0 Å². The maximum Gasteiger partial charge on any atom is 0.336 e. The van der Waals surface area contributed by atoms with E-state index in [2.05, 4.69) is 4.79 Å². The minimum Gasteiger partial charge on any atom is -0.361 e. The zero-order chi connectivity index (χ0) is 15.7. The van der Waals surface area contributed by atoms with Gasteiger partial charge in [-0.15, -0.1) is 11.8 Å². The molecule has 22 heavy (non-hydrogen) atoms. The maximum absolute atomic E-state index is 12.6. The van der Waals surface area contributed by atoms with E-state index >= 15 is 0 Å². The SMILES string of the molecule is CC(=[N+]=[N-])C(=O)c1ccc2c(c1)SCc1ccccc1C2=O. The molecule has 3 rings (SSSR count). The smallest absolute Gasteiger partial charge is 0.336 e. The Bertz CT molecular complexity index is 851. The van der Waals surface area contributed by atoms with Gasteiger partial charge in [-0.25, -0.2) is 0 Å². The summed E-state index contributed by atoms with van der Waals surface area (Å²) in [5.41, 5.74) is 11.5. The van der Waals surface area contributed by atoms with Crippen molar-refractivity contribution >= 4 is 29.0 Å². The van der Waals surface area contributed by atoms with Gasteiger partial charge in [-0.2, -0.15) is 4.79 Å². The van der Waals surface area contributed by atoms with Crippen LogP contribution in [0.15, 0.2) is 47.4 Å². The van der Waals surface area contributed by atoms with Gasteiger partial charge in [-0.3, -0.25) is 9.59 Å². The highest BCUT2D eigenvalue weighted by Gasteiger charge is 2.24. The summed E-state index contributed by atoms with van der Waals surface area (Å²) >= 11 is 1.53. The third-order valence-electron chi connectivity index (χ3n) is 3.61. The second kappa shape index (κ2) is 5.72. The molecule has 108 valence electrons. The first-order valence-electron chi connectivity index (χ1n) is 6.74. The van der Waals surface area contributed by atoms with Crippen LogP contribution < -0.4 is 0 Å². The van der Waals surface area contributed by atoms with Crippen molar-refractivity contribution in [2.75, 3.05) is 0 Å². The second-order valence-electron chi connectivity index (χ2n) is 5.00. The minimum atomic E-state index is -0.347. The molecule has 0 aliphatic carbocycles. The zero-order valence-corrected chi connectivity index (χ0v) is 12.7. The van der Waals surface area contributed by atoms with Gasteiger partial charge in [0.05, 0.1) is 0 Å². The van der Waals surface area contributed by atoms with Gasteiger partial charge >= 0.3 is 5.71 Å². The Morgan fingerprint density at radius 1 is 1.18 bits per heavy atom. The average Bonchev–Trinajstić information content (AvgIpc) is 2.71. The van der Waals surface area contributed by atoms with Crippen molar-refractivity contribution in [1.29, 1.82) is 0 Å². The van der Waals surface area contributed by atoms with Crippen LogP contribution in [-0.2, 0) is 5.75 Å². The second-order valence-corrected chi connectivity index (χ2v) is 6.02. The lowest BCUT2D eigenvalue weighted by atomic mass is 9.97. The third kappa shape index (κ3) is 2.41. The average molecular weight is 308 g/mol. The molecule has 0 N–H and O–H groups in total. The summed E-state index contributed by atoms with van der Waals surface area (Å²) in [6.07, 6.45) is 0. The van der Waals surface area contributed by atoms with Gasteiger partial charge in [-0.05, 0) is 23.8 Å². The van der Waals surface area contributed by atoms with Crippen molar-refractivity contribution in [1.82, 2.24) is 0 Å². The summed E-state index contributed by atoms with van der Waals surface area (Å²) < 4.78 is 0. The Hall–Kier alpha value is -2.49. The van der Waals surface area contributed by atoms with Crippen LogP contribution in [0.1, 0.15) is 38.8 Å². The number of rotatable bonds is 2. The zero-order valence-electron chi connectivity index (χ0n) is 11.9. The Balaban J connectivity index is 2.08. The van der Waals surface area contributed by atoms with E-state index in [1.165, 1.54) is 18.7 Å². The Morgan fingerprint density at radius 3 is 2.73 bits per heavy atom. The van der Waals surface area contributed by atoms with E-state index in [4.69, 9.17) is 5.53 Å². The number of fused-ring (bicyclic) bond motifs is 2. The number of carbonyl (C=O) groups is 2. The molecular formula is C17H12N2O2S. The standard InChI is InChI=1S/C17H12N2O2S/c1-10(19-18)16(20)11-6-7-14-15(8-11)22-9-12-4-2-3-5-13(12)17(14)21/h2-8H,9H2,1H3. The van der Waals surface area contributed by atoms with Crippen molar-refractivity contribution in [3.8, 4) is 0 Å². The summed E-state index contributed by atoms with van der Waals surface area (Å²) in [5.74, 6) is 0.307. The number of hydrogen-bond acceptors (Lipinski definition) is 3. The van der Waals surface area contributed by atoms with E-state index in [0.717, 1.165) is 10.5 Å². The molecule has 4 nitrogen and oxygen atoms in total. The van der Waals surface area contributed by atoms with Gasteiger partial charge in [0.1, 0.15) is 0 Å². The highest BCUT2D eigenvalue weighted by atomic mass is 32.2. The van der Waals surface area contributed by atoms with Crippen LogP contribution in [0.25, 0.3) is 5.53 Å². The molecule has 0 unspecified atom stereocenters. The fraction of sp³-hybridized carbons (Fsp3) is 0.118. The van der Waals surface area contributed by atoms with Crippen LogP contribution in [0.2, 0.25) is 0 Å². The molecule has 2 aromatic rings. The molecule has 0 bridgehead atoms. The summed E-state index contributed by atoms with van der Waals surface area (Å²) in [5, 5.41) is 0. The lowest BCUT2D eigenvalue weighted by molar-refractivity contribution is -0.00678. The van der Waals surface area contributed by atoms with Crippen molar-refractivity contribution in [3.05, 3.63) is 70.2 Å². The van der Waals surface area contributed by atoms with E-state index in [1.807, 2.05) is 24.3 Å². The topological polar surface area (TPSA) is 70.5 Å². The number of Topliss-reactive ketones (excluding diaryl/α,β-unsaturated/α-hetero) is 1. The lowest BCUT2D eigenvalue weighted by Crippen LogP contribution is -2.12. The first-order chi connectivity index (χ1) is 10.6. The first-order valence-corrected chi connectivity index (χ1v) is 7.73. The molecule has 0 saturated heterocycles. The van der Waals surface area contributed by atoms with Gasteiger partial charge in [-0.1, -0.05) is 24.3 Å². The van der Waals surface area contributed by atoms with Crippen LogP contribution in [0.4, 0.5) is 0 Å². The monoisotopic (exact) mass is 308 g/mol. The number of carbonyl (C=O) groups excluding carboxylic acids is 2. The number of thioether (sulfide) groups is 1. The molecule has 5 heteroatoms. The molecule has 0 radical (unpaired) electrons. The third-order valence-corrected chi connectivity index (χ3v) is 4.72. The quantitative estimate of drug-likeness (QED) is 0.369.